The van der Waals surface area contributed by atoms with Crippen molar-refractivity contribution in [3.63, 3.8) is 0 Å². The molecule has 3 rings (SSSR count). The highest BCUT2D eigenvalue weighted by Gasteiger charge is 2.21. The number of carbonyl (C=O) groups excluding carboxylic acids is 2. The summed E-state index contributed by atoms with van der Waals surface area (Å²) in [6, 6.07) is 5.30. The fraction of sp³-hybridized carbons (Fsp3) is 0.421. The molecule has 29 heavy (non-hydrogen) atoms. The van der Waals surface area contributed by atoms with Crippen LogP contribution in [0.5, 0.6) is 5.75 Å². The van der Waals surface area contributed by atoms with Crippen LogP contribution in [0.3, 0.4) is 0 Å². The van der Waals surface area contributed by atoms with Gasteiger partial charge in [0.2, 0.25) is 5.91 Å². The Morgan fingerprint density at radius 1 is 1.28 bits per heavy atom. The van der Waals surface area contributed by atoms with E-state index in [0.29, 0.717) is 27.4 Å². The van der Waals surface area contributed by atoms with E-state index < -0.39 is 0 Å². The van der Waals surface area contributed by atoms with Gasteiger partial charge in [-0.2, -0.15) is 0 Å². The molecule has 0 spiro atoms. The average molecular weight is 457 g/mol. The lowest BCUT2D eigenvalue weighted by molar-refractivity contribution is -0.114. The number of nitrogens with one attached hydrogen (secondary N) is 2. The minimum atomic E-state index is -0.240. The van der Waals surface area contributed by atoms with E-state index in [1.807, 2.05) is 6.07 Å². The first kappa shape index (κ1) is 21.8. The lowest BCUT2D eigenvalue weighted by atomic mass is 10.1. The lowest BCUT2D eigenvalue weighted by Gasteiger charge is -2.32. The quantitative estimate of drug-likeness (QED) is 0.663. The Labute approximate surface area is 183 Å². The zero-order chi connectivity index (χ0) is 20.8. The summed E-state index contributed by atoms with van der Waals surface area (Å²) >= 11 is 13.2. The molecular weight excluding hydrogens is 435 g/mol. The summed E-state index contributed by atoms with van der Waals surface area (Å²) in [4.78, 5) is 29.6. The van der Waals surface area contributed by atoms with Gasteiger partial charge in [-0.1, -0.05) is 23.2 Å². The van der Waals surface area contributed by atoms with Gasteiger partial charge in [-0.05, 0) is 25.0 Å². The molecule has 156 valence electrons. The predicted octanol–water partition coefficient (Wildman–Crippen LogP) is 3.68. The number of benzene rings is 1. The number of aromatic nitrogens is 1. The average Bonchev–Trinajstić information content (AvgIpc) is 3.14. The van der Waals surface area contributed by atoms with E-state index in [9.17, 15) is 9.59 Å². The zero-order valence-corrected chi connectivity index (χ0v) is 18.2. The summed E-state index contributed by atoms with van der Waals surface area (Å²) in [5, 5.41) is 8.49. The van der Waals surface area contributed by atoms with E-state index in [1.54, 1.807) is 17.5 Å². The van der Waals surface area contributed by atoms with E-state index in [4.69, 9.17) is 27.9 Å². The molecule has 10 heteroatoms. The van der Waals surface area contributed by atoms with Gasteiger partial charge in [-0.15, -0.1) is 11.3 Å². The molecule has 0 bridgehead atoms. The molecule has 7 nitrogen and oxygen atoms in total. The van der Waals surface area contributed by atoms with E-state index in [1.165, 1.54) is 18.3 Å². The Kier molecular flexibility index (Phi) is 7.71. The van der Waals surface area contributed by atoms with Crippen LogP contribution in [0.2, 0.25) is 10.0 Å². The third kappa shape index (κ3) is 6.57. The third-order valence-corrected chi connectivity index (χ3v) is 5.96. The molecule has 0 radical (unpaired) electrons. The maximum atomic E-state index is 12.2. The number of carbonyl (C=O) groups is 2. The fourth-order valence-corrected chi connectivity index (χ4v) is 4.02. The summed E-state index contributed by atoms with van der Waals surface area (Å²) in [7, 11) is 0. The number of anilines is 1. The first-order valence-electron chi connectivity index (χ1n) is 9.26. The fourth-order valence-electron chi connectivity index (χ4n) is 3.00. The minimum absolute atomic E-state index is 0.139. The number of thiazole rings is 1. The van der Waals surface area contributed by atoms with Crippen molar-refractivity contribution in [2.45, 2.75) is 25.9 Å². The van der Waals surface area contributed by atoms with Gasteiger partial charge in [-0.3, -0.25) is 9.59 Å². The van der Waals surface area contributed by atoms with Gasteiger partial charge in [0, 0.05) is 44.5 Å². The molecule has 2 N–H and O–H groups in total. The van der Waals surface area contributed by atoms with Gasteiger partial charge < -0.3 is 20.3 Å². The number of piperidine rings is 1. The molecule has 1 aliphatic rings. The van der Waals surface area contributed by atoms with Crippen molar-refractivity contribution < 1.29 is 14.3 Å². The van der Waals surface area contributed by atoms with Crippen LogP contribution in [0, 0.1) is 0 Å². The Hall–Kier alpha value is -1.87. The van der Waals surface area contributed by atoms with Crippen molar-refractivity contribution in [1.82, 2.24) is 15.2 Å². The number of hydrogen-bond donors (Lipinski definition) is 2. The largest absolute Gasteiger partial charge is 0.490 e. The highest BCUT2D eigenvalue weighted by Crippen LogP contribution is 2.28. The van der Waals surface area contributed by atoms with Crippen LogP contribution < -0.4 is 15.4 Å². The standard InChI is InChI=1S/C19H22Cl2N4O3S/c1-12(26)23-19-24-17(11-29-19)18(27)22-6-9-25-7-4-13(5-8-25)28-14-2-3-15(20)16(21)10-14/h2-3,10-11,13H,4-9H2,1H3,(H,22,27)(H,23,24,26). The maximum absolute atomic E-state index is 12.2. The van der Waals surface area contributed by atoms with Crippen LogP contribution in [-0.2, 0) is 4.79 Å². The summed E-state index contributed by atoms with van der Waals surface area (Å²) in [5.74, 6) is 0.278. The van der Waals surface area contributed by atoms with Crippen molar-refractivity contribution in [3.05, 3.63) is 39.3 Å². The third-order valence-electron chi connectivity index (χ3n) is 4.46. The van der Waals surface area contributed by atoms with Gasteiger partial charge in [0.05, 0.1) is 10.0 Å². The first-order valence-corrected chi connectivity index (χ1v) is 10.9. The summed E-state index contributed by atoms with van der Waals surface area (Å²) in [6.45, 7) is 4.48. The Morgan fingerprint density at radius 3 is 2.72 bits per heavy atom. The second-order valence-corrected chi connectivity index (χ2v) is 8.38. The summed E-state index contributed by atoms with van der Waals surface area (Å²) < 4.78 is 5.99. The van der Waals surface area contributed by atoms with Crippen molar-refractivity contribution in [1.29, 1.82) is 0 Å². The SMILES string of the molecule is CC(=O)Nc1nc(C(=O)NCCN2CCC(Oc3ccc(Cl)c(Cl)c3)CC2)cs1. The maximum Gasteiger partial charge on any atom is 0.270 e. The van der Waals surface area contributed by atoms with Gasteiger partial charge in [0.15, 0.2) is 5.13 Å². The monoisotopic (exact) mass is 456 g/mol. The van der Waals surface area contributed by atoms with Crippen molar-refractivity contribution >= 4 is 51.5 Å². The molecule has 1 saturated heterocycles. The van der Waals surface area contributed by atoms with Crippen LogP contribution in [0.4, 0.5) is 5.13 Å². The number of hydrogen-bond acceptors (Lipinski definition) is 6. The smallest absolute Gasteiger partial charge is 0.270 e. The number of halogens is 2. The van der Waals surface area contributed by atoms with Gasteiger partial charge in [-0.25, -0.2) is 4.98 Å². The van der Waals surface area contributed by atoms with E-state index in [2.05, 4.69) is 20.5 Å². The van der Waals surface area contributed by atoms with E-state index in [-0.39, 0.29) is 17.9 Å². The number of nitrogens with zero attached hydrogens (tertiary/aromatic N) is 2. The normalized spacial score (nSPS) is 15.1. The van der Waals surface area contributed by atoms with Crippen LogP contribution in [0.15, 0.2) is 23.6 Å². The van der Waals surface area contributed by atoms with E-state index >= 15 is 0 Å². The topological polar surface area (TPSA) is 83.6 Å². The Bertz CT molecular complexity index is 869. The van der Waals surface area contributed by atoms with Crippen LogP contribution >= 0.6 is 34.5 Å². The van der Waals surface area contributed by atoms with Crippen molar-refractivity contribution in [3.8, 4) is 5.75 Å². The molecular formula is C19H22Cl2N4O3S. The predicted molar refractivity (Wildman–Crippen MR) is 115 cm³/mol. The molecule has 1 aliphatic heterocycles. The molecule has 2 aromatic rings. The number of ether oxygens (including phenoxy) is 1. The Balaban J connectivity index is 1.36. The van der Waals surface area contributed by atoms with Crippen molar-refractivity contribution in [2.24, 2.45) is 0 Å². The van der Waals surface area contributed by atoms with Crippen molar-refractivity contribution in [2.75, 3.05) is 31.5 Å². The zero-order valence-electron chi connectivity index (χ0n) is 15.9. The molecule has 0 atom stereocenters. The number of likely N-dealkylation sites (tertiary alicyclic amines) is 1. The van der Waals surface area contributed by atoms with Crippen LogP contribution in [0.1, 0.15) is 30.3 Å². The summed E-state index contributed by atoms with van der Waals surface area (Å²) in [5.41, 5.74) is 0.312. The molecule has 2 amide bonds. The number of rotatable bonds is 7. The van der Waals surface area contributed by atoms with E-state index in [0.717, 1.165) is 38.2 Å². The molecule has 0 aliphatic carbocycles. The Morgan fingerprint density at radius 2 is 2.03 bits per heavy atom. The first-order chi connectivity index (χ1) is 13.9. The molecule has 2 heterocycles. The highest BCUT2D eigenvalue weighted by atomic mass is 35.5. The molecule has 1 aromatic heterocycles. The van der Waals surface area contributed by atoms with Gasteiger partial charge in [0.25, 0.3) is 5.91 Å². The molecule has 1 fully saturated rings. The number of amides is 2. The lowest BCUT2D eigenvalue weighted by Crippen LogP contribution is -2.42. The molecule has 1 aromatic carbocycles. The van der Waals surface area contributed by atoms with Crippen LogP contribution in [0.25, 0.3) is 0 Å². The second kappa shape index (κ2) is 10.2. The van der Waals surface area contributed by atoms with Gasteiger partial charge in [0.1, 0.15) is 17.5 Å². The molecule has 0 saturated carbocycles. The molecule has 0 unspecified atom stereocenters. The highest BCUT2D eigenvalue weighted by molar-refractivity contribution is 7.14. The van der Waals surface area contributed by atoms with Crippen LogP contribution in [-0.4, -0.2) is 54.0 Å². The van der Waals surface area contributed by atoms with Gasteiger partial charge >= 0.3 is 0 Å². The second-order valence-electron chi connectivity index (χ2n) is 6.71. The summed E-state index contributed by atoms with van der Waals surface area (Å²) in [6.07, 6.45) is 1.95. The minimum Gasteiger partial charge on any atom is -0.490 e.